The lowest BCUT2D eigenvalue weighted by molar-refractivity contribution is -0.384. The summed E-state index contributed by atoms with van der Waals surface area (Å²) in [7, 11) is -8.53. The van der Waals surface area contributed by atoms with E-state index < -0.39 is 111 Å². The van der Waals surface area contributed by atoms with E-state index in [9.17, 15) is 59.5 Å². The molecule has 0 spiro atoms. The highest BCUT2D eigenvalue weighted by atomic mass is 31.2. The van der Waals surface area contributed by atoms with Crippen molar-refractivity contribution in [2.24, 2.45) is 5.92 Å². The number of amides is 1. The monoisotopic (exact) mass is 1450 g/mol. The Kier molecular flexibility index (Phi) is 24.1. The standard InChI is InChI=1S/C31H39N6O9P.C21H25N2O7P.C15H17N5O4/c1-19(2)29(40)35-28-24-15-14-23(37(24)34-18-33-28)26-25(38)27(39)31(16-32,45-26)17-43-47(42,46-22-12-8-5-9-13-22)36-20(3)30(41)44-21-10-6-4-7-11-21;1-16(21(24)28-18-8-4-2-5-9-18)22-31(27,29-19-10-6-3-7-11-19)30-20-14-12-17(13-15-20)23(25)26;1-14(2)22-11-10(23-15(5-16,6-21)12(11)24-14)8-3-4-9-13(17)18-7-19-20(8)9/h5,8-9,12-15,18-21,25-27,38-39H,4,6-7,10-11,17H2,1-3H3,(H,36,42)(H,33,34,35,40);3,6-7,10-16,18H,2,4-5,8-9H2,1H3,(H,22,27);3-4,7,10-12,21H,6H2,1-2H3,(H2,17,18,19)/t20-,25-,26-,27-,31+,47?;16-,31-;10-,11-,12-,15+/m000/s1. The number of para-hydroxylation sites is 2. The number of non-ortho nitro benzene ring substituents is 1. The molecule has 3 saturated heterocycles. The summed E-state index contributed by atoms with van der Waals surface area (Å²) in [6.45, 7) is 8.63. The number of rotatable bonds is 23. The minimum atomic E-state index is -4.45. The van der Waals surface area contributed by atoms with Gasteiger partial charge in [-0.3, -0.25) is 29.0 Å². The number of aliphatic hydroxyl groups excluding tert-OH is 3. The van der Waals surface area contributed by atoms with Gasteiger partial charge in [0.05, 0.1) is 22.9 Å². The first-order valence-corrected chi connectivity index (χ1v) is 36.3. The number of nitrogens with two attached hydrogens (primary N) is 1. The zero-order chi connectivity index (χ0) is 73.2. The second-order valence-electron chi connectivity index (χ2n) is 25.7. The van der Waals surface area contributed by atoms with Crippen molar-refractivity contribution in [3.05, 3.63) is 143 Å². The number of ether oxygens (including phenoxy) is 6. The van der Waals surface area contributed by atoms with Gasteiger partial charge in [0, 0.05) is 18.1 Å². The maximum atomic E-state index is 14.1. The average Bonchev–Trinajstić information content (AvgIpc) is 1.57. The molecule has 2 saturated carbocycles. The molecule has 33 nitrogen and oxygen atoms in total. The lowest BCUT2D eigenvalue weighted by atomic mass is 9.96. The van der Waals surface area contributed by atoms with Crippen LogP contribution >= 0.6 is 15.5 Å². The molecule has 102 heavy (non-hydrogen) atoms. The number of nitrogen functional groups attached to an aromatic ring is 1. The number of nitro benzene ring substituents is 1. The lowest BCUT2D eigenvalue weighted by Crippen LogP contribution is -2.46. The van der Waals surface area contributed by atoms with Gasteiger partial charge in [0.25, 0.3) is 5.69 Å². The SMILES string of the molecule is CC(C)C(=O)Nc1ncnn2c([C@@H]3O[C@](C#N)(COP(=O)(N[C@@H](C)C(=O)OC4CCCCC4)Oc4ccccc4)[C@@H](O)[C@H]3O)ccc12.CC1(C)O[C@H]2[C@H](c3ccc4c(N)ncnn34)O[C@](C#N)(CO)[C@H]2O1.C[C@H](N[P@](=O)(Oc1ccccc1)Oc1ccc([N+](=O)[O-])cc1)C(=O)OC1CCCCC1. The summed E-state index contributed by atoms with van der Waals surface area (Å²) in [5, 5.41) is 79.0. The molecule has 7 aromatic rings. The van der Waals surface area contributed by atoms with E-state index in [2.05, 4.69) is 35.7 Å². The minimum absolute atomic E-state index is 0.0882. The number of fused-ring (bicyclic) bond motifs is 3. The van der Waals surface area contributed by atoms with Gasteiger partial charge in [-0.2, -0.15) is 30.9 Å². The number of benzene rings is 3. The predicted octanol–water partition coefficient (Wildman–Crippen LogP) is 8.61. The van der Waals surface area contributed by atoms with Crippen LogP contribution in [0.1, 0.15) is 129 Å². The van der Waals surface area contributed by atoms with Crippen LogP contribution in [0.5, 0.6) is 17.2 Å². The molecule has 12 atom stereocenters. The van der Waals surface area contributed by atoms with Crippen LogP contribution in [-0.2, 0) is 56.5 Å². The summed E-state index contributed by atoms with van der Waals surface area (Å²) in [6, 6.07) is 30.0. The van der Waals surface area contributed by atoms with Crippen molar-refractivity contribution in [3.63, 3.8) is 0 Å². The molecule has 1 unspecified atom stereocenters. The number of aromatic nitrogens is 6. The number of nitrogens with zero attached hydrogens (tertiary/aromatic N) is 9. The van der Waals surface area contributed by atoms with Crippen LogP contribution in [0.15, 0.2) is 122 Å². The Hall–Kier alpha value is -9.05. The molecule has 7 heterocycles. The van der Waals surface area contributed by atoms with E-state index >= 15 is 0 Å². The Morgan fingerprint density at radius 2 is 1.17 bits per heavy atom. The zero-order valence-corrected chi connectivity index (χ0v) is 58.5. The number of anilines is 2. The van der Waals surface area contributed by atoms with E-state index in [1.807, 2.05) is 12.1 Å². The molecule has 5 aliphatic rings. The summed E-state index contributed by atoms with van der Waals surface area (Å²) in [4.78, 5) is 56.1. The number of nitro groups is 1. The summed E-state index contributed by atoms with van der Waals surface area (Å²) < 4.78 is 87.9. The van der Waals surface area contributed by atoms with Crippen LogP contribution < -0.4 is 34.8 Å². The second-order valence-corrected chi connectivity index (χ2v) is 29.0. The number of nitriles is 2. The zero-order valence-electron chi connectivity index (χ0n) is 56.7. The summed E-state index contributed by atoms with van der Waals surface area (Å²) in [5.74, 6) is -1.59. The normalized spacial score (nSPS) is 24.9. The Bertz CT molecular complexity index is 4260. The molecule has 0 radical (unpaired) electrons. The van der Waals surface area contributed by atoms with Crippen LogP contribution in [0.3, 0.4) is 0 Å². The molecule has 35 heteroatoms. The highest BCUT2D eigenvalue weighted by Crippen LogP contribution is 2.52. The van der Waals surface area contributed by atoms with Crippen LogP contribution in [0.25, 0.3) is 11.0 Å². The van der Waals surface area contributed by atoms with E-state index in [-0.39, 0.29) is 58.5 Å². The molecule has 4 aromatic heterocycles. The second kappa shape index (κ2) is 32.5. The Balaban J connectivity index is 0.000000175. The van der Waals surface area contributed by atoms with Crippen molar-refractivity contribution < 1.29 is 90.3 Å². The number of aliphatic hydroxyl groups is 3. The maximum Gasteiger partial charge on any atom is 0.513 e. The molecule has 5 fully saturated rings. The predicted molar refractivity (Wildman–Crippen MR) is 361 cm³/mol. The van der Waals surface area contributed by atoms with Gasteiger partial charge in [-0.15, -0.1) is 0 Å². The fourth-order valence-electron chi connectivity index (χ4n) is 12.0. The van der Waals surface area contributed by atoms with Crippen LogP contribution in [0.4, 0.5) is 17.3 Å². The van der Waals surface area contributed by atoms with Crippen molar-refractivity contribution in [1.82, 2.24) is 39.4 Å². The molecule has 2 aliphatic carbocycles. The number of carbonyl (C=O) groups excluding carboxylic acids is 3. The fraction of sp³-hybridized carbons (Fsp3) is 0.478. The number of esters is 2. The molecular formula is C67H81N13O20P2. The number of carbonyl (C=O) groups is 3. The van der Waals surface area contributed by atoms with Crippen LogP contribution in [0.2, 0.25) is 0 Å². The first-order valence-electron chi connectivity index (χ1n) is 33.2. The van der Waals surface area contributed by atoms with E-state index in [1.165, 1.54) is 67.4 Å². The first-order chi connectivity index (χ1) is 48.7. The largest absolute Gasteiger partial charge is 0.513 e. The Labute approximate surface area is 586 Å². The summed E-state index contributed by atoms with van der Waals surface area (Å²) >= 11 is 0. The molecule has 544 valence electrons. The van der Waals surface area contributed by atoms with Gasteiger partial charge in [0.2, 0.25) is 17.1 Å². The highest BCUT2D eigenvalue weighted by Gasteiger charge is 2.64. The van der Waals surface area contributed by atoms with E-state index in [0.717, 1.165) is 64.2 Å². The van der Waals surface area contributed by atoms with Crippen molar-refractivity contribution in [2.45, 2.75) is 184 Å². The summed E-state index contributed by atoms with van der Waals surface area (Å²) in [5.41, 5.74) is 3.92. The minimum Gasteiger partial charge on any atom is -0.461 e. The van der Waals surface area contributed by atoms with Crippen molar-refractivity contribution in [3.8, 4) is 29.4 Å². The van der Waals surface area contributed by atoms with Gasteiger partial charge in [0.1, 0.15) is 121 Å². The molecule has 3 aromatic carbocycles. The van der Waals surface area contributed by atoms with Crippen molar-refractivity contribution >= 4 is 61.7 Å². The third-order valence-electron chi connectivity index (χ3n) is 17.4. The van der Waals surface area contributed by atoms with Gasteiger partial charge in [-0.05, 0) is 140 Å². The summed E-state index contributed by atoms with van der Waals surface area (Å²) in [6.07, 6.45) is 4.73. The quantitative estimate of drug-likeness (QED) is 0.0136. The van der Waals surface area contributed by atoms with Gasteiger partial charge in [-0.25, -0.2) is 28.1 Å². The third kappa shape index (κ3) is 17.7. The van der Waals surface area contributed by atoms with E-state index in [1.54, 1.807) is 105 Å². The topological polar surface area (TPSA) is 452 Å². The number of hydrogen-bond acceptors (Lipinski definition) is 27. The molecule has 8 N–H and O–H groups in total. The van der Waals surface area contributed by atoms with E-state index in [4.69, 9.17) is 52.2 Å². The lowest BCUT2D eigenvalue weighted by Gasteiger charge is -2.29. The average molecular weight is 1450 g/mol. The van der Waals surface area contributed by atoms with E-state index in [0.29, 0.717) is 22.5 Å². The Morgan fingerprint density at radius 1 is 0.676 bits per heavy atom. The molecule has 0 bridgehead atoms. The maximum absolute atomic E-state index is 14.1. The highest BCUT2D eigenvalue weighted by molar-refractivity contribution is 7.52. The smallest absolute Gasteiger partial charge is 0.461 e. The van der Waals surface area contributed by atoms with Crippen molar-refractivity contribution in [2.75, 3.05) is 24.3 Å². The van der Waals surface area contributed by atoms with Gasteiger partial charge in [-0.1, -0.05) is 63.1 Å². The molecule has 3 aliphatic heterocycles. The molecule has 1 amide bonds. The van der Waals surface area contributed by atoms with Crippen molar-refractivity contribution in [1.29, 1.82) is 10.5 Å². The molecular weight excluding hydrogens is 1370 g/mol. The van der Waals surface area contributed by atoms with Gasteiger partial charge < -0.3 is 68.4 Å². The fourth-order valence-corrected chi connectivity index (χ4v) is 15.1. The Morgan fingerprint density at radius 3 is 1.70 bits per heavy atom. The van der Waals surface area contributed by atoms with Gasteiger partial charge >= 0.3 is 27.4 Å². The number of hydrogen-bond donors (Lipinski definition) is 7. The first kappa shape index (κ1) is 75.6. The number of nitrogens with one attached hydrogen (secondary N) is 3. The third-order valence-corrected chi connectivity index (χ3v) is 20.6. The van der Waals surface area contributed by atoms with Crippen LogP contribution in [0, 0.1) is 38.7 Å². The van der Waals surface area contributed by atoms with Gasteiger partial charge in [0.15, 0.2) is 17.4 Å². The molecule has 12 rings (SSSR count). The van der Waals surface area contributed by atoms with Crippen LogP contribution in [-0.4, -0.2) is 146 Å².